The van der Waals surface area contributed by atoms with E-state index >= 15 is 0 Å². The lowest BCUT2D eigenvalue weighted by Crippen LogP contribution is -2.36. The molecule has 2 aromatic carbocycles. The molecule has 0 spiro atoms. The topological polar surface area (TPSA) is 102 Å². The van der Waals surface area contributed by atoms with E-state index in [2.05, 4.69) is 0 Å². The summed E-state index contributed by atoms with van der Waals surface area (Å²) in [5, 5.41) is 12.4. The highest BCUT2D eigenvalue weighted by atomic mass is 16.7. The maximum atomic E-state index is 13.2. The van der Waals surface area contributed by atoms with E-state index < -0.39 is 28.9 Å². The van der Waals surface area contributed by atoms with Crippen molar-refractivity contribution in [2.45, 2.75) is 19.1 Å². The molecule has 2 saturated heterocycles. The predicted molar refractivity (Wildman–Crippen MR) is 102 cm³/mol. The molecule has 0 saturated carbocycles. The van der Waals surface area contributed by atoms with E-state index in [0.717, 1.165) is 4.90 Å². The Hall–Kier alpha value is -3.30. The molecule has 0 aliphatic carbocycles. The van der Waals surface area contributed by atoms with Gasteiger partial charge in [0, 0.05) is 19.2 Å². The summed E-state index contributed by atoms with van der Waals surface area (Å²) < 4.78 is 5.40. The number of rotatable bonds is 5. The molecule has 2 heterocycles. The summed E-state index contributed by atoms with van der Waals surface area (Å²) in [4.78, 5) is 43.3. The minimum atomic E-state index is -0.931. The number of nitrogens with zero attached hydrogens (tertiary/aromatic N) is 3. The highest BCUT2D eigenvalue weighted by Gasteiger charge is 2.59. The van der Waals surface area contributed by atoms with E-state index in [1.165, 1.54) is 17.2 Å². The predicted octanol–water partition coefficient (Wildman–Crippen LogP) is 2.47. The molecular formula is C20H19N3O6. The first-order valence-electron chi connectivity index (χ1n) is 9.17. The molecule has 150 valence electrons. The van der Waals surface area contributed by atoms with E-state index in [1.807, 2.05) is 6.92 Å². The molecular weight excluding hydrogens is 378 g/mol. The van der Waals surface area contributed by atoms with E-state index in [1.54, 1.807) is 43.4 Å². The second-order valence-electron chi connectivity index (χ2n) is 6.83. The number of hydroxylamine groups is 2. The van der Waals surface area contributed by atoms with Crippen LogP contribution in [0.3, 0.4) is 0 Å². The lowest BCUT2D eigenvalue weighted by Gasteiger charge is -2.24. The third kappa shape index (κ3) is 3.14. The van der Waals surface area contributed by atoms with Crippen molar-refractivity contribution in [3.8, 4) is 5.75 Å². The summed E-state index contributed by atoms with van der Waals surface area (Å²) in [5.74, 6) is -0.881. The largest absolute Gasteiger partial charge is 0.494 e. The van der Waals surface area contributed by atoms with Crippen LogP contribution >= 0.6 is 0 Å². The van der Waals surface area contributed by atoms with Crippen LogP contribution in [-0.2, 0) is 14.4 Å². The van der Waals surface area contributed by atoms with Gasteiger partial charge in [0.15, 0.2) is 6.10 Å². The summed E-state index contributed by atoms with van der Waals surface area (Å²) in [6.07, 6.45) is -0.931. The third-order valence-corrected chi connectivity index (χ3v) is 5.16. The number of amides is 2. The molecule has 0 radical (unpaired) electrons. The van der Waals surface area contributed by atoms with Crippen molar-refractivity contribution in [3.05, 3.63) is 64.2 Å². The number of anilines is 1. The van der Waals surface area contributed by atoms with Crippen LogP contribution in [0.2, 0.25) is 0 Å². The van der Waals surface area contributed by atoms with Gasteiger partial charge in [-0.15, -0.1) is 0 Å². The standard InChI is InChI=1S/C20H19N3O6/c1-3-28-15-10-8-13(9-11-15)22-19(24)16-17(21(2)29-18(16)20(22)25)12-4-6-14(7-5-12)23(26)27/h4-11,16-18H,3H2,1-2H3/t16-,17+,18+/m1/s1. The molecule has 9 nitrogen and oxygen atoms in total. The Kier molecular flexibility index (Phi) is 4.77. The highest BCUT2D eigenvalue weighted by Crippen LogP contribution is 2.45. The molecule has 0 unspecified atom stereocenters. The van der Waals surface area contributed by atoms with Crippen molar-refractivity contribution in [1.29, 1.82) is 0 Å². The van der Waals surface area contributed by atoms with Crippen LogP contribution in [0.5, 0.6) is 5.75 Å². The van der Waals surface area contributed by atoms with Crippen LogP contribution < -0.4 is 9.64 Å². The molecule has 2 aliphatic heterocycles. The Bertz CT molecular complexity index is 959. The Morgan fingerprint density at radius 3 is 2.31 bits per heavy atom. The van der Waals surface area contributed by atoms with Crippen molar-refractivity contribution < 1.29 is 24.1 Å². The fourth-order valence-electron chi connectivity index (χ4n) is 3.87. The Morgan fingerprint density at radius 1 is 1.07 bits per heavy atom. The van der Waals surface area contributed by atoms with Crippen molar-refractivity contribution in [2.24, 2.45) is 5.92 Å². The number of non-ortho nitro benzene ring substituents is 1. The van der Waals surface area contributed by atoms with Gasteiger partial charge in [-0.2, -0.15) is 5.06 Å². The molecule has 9 heteroatoms. The number of carbonyl (C=O) groups is 2. The monoisotopic (exact) mass is 397 g/mol. The average Bonchev–Trinajstić information content (AvgIpc) is 3.17. The number of benzene rings is 2. The average molecular weight is 397 g/mol. The zero-order valence-electron chi connectivity index (χ0n) is 15.8. The van der Waals surface area contributed by atoms with Gasteiger partial charge in [0.1, 0.15) is 5.75 Å². The normalized spacial score (nSPS) is 24.1. The molecule has 2 fully saturated rings. The second-order valence-corrected chi connectivity index (χ2v) is 6.83. The quantitative estimate of drug-likeness (QED) is 0.434. The van der Waals surface area contributed by atoms with E-state index in [-0.39, 0.29) is 11.6 Å². The number of carbonyl (C=O) groups excluding carboxylic acids is 2. The summed E-state index contributed by atoms with van der Waals surface area (Å²) in [6.45, 7) is 2.39. The Balaban J connectivity index is 1.63. The molecule has 0 N–H and O–H groups in total. The fraction of sp³-hybridized carbons (Fsp3) is 0.300. The number of nitro groups is 1. The van der Waals surface area contributed by atoms with E-state index in [4.69, 9.17) is 9.57 Å². The first-order chi connectivity index (χ1) is 13.9. The Morgan fingerprint density at radius 2 is 1.72 bits per heavy atom. The molecule has 29 heavy (non-hydrogen) atoms. The maximum absolute atomic E-state index is 13.2. The molecule has 3 atom stereocenters. The second kappa shape index (κ2) is 7.26. The SMILES string of the molecule is CCOc1ccc(N2C(=O)[C@H]3[C@H](ON(C)[C@H]3c3ccc([N+](=O)[O-])cc3)C2=O)cc1. The summed E-state index contributed by atoms with van der Waals surface area (Å²) in [6, 6.07) is 12.1. The van der Waals surface area contributed by atoms with Crippen LogP contribution in [0, 0.1) is 16.0 Å². The maximum Gasteiger partial charge on any atom is 0.269 e. The van der Waals surface area contributed by atoms with Gasteiger partial charge in [-0.05, 0) is 36.8 Å². The fourth-order valence-corrected chi connectivity index (χ4v) is 3.87. The molecule has 0 bridgehead atoms. The Labute approximate surface area is 166 Å². The lowest BCUT2D eigenvalue weighted by atomic mass is 9.91. The molecule has 2 aliphatic rings. The van der Waals surface area contributed by atoms with Gasteiger partial charge >= 0.3 is 0 Å². The molecule has 4 rings (SSSR count). The van der Waals surface area contributed by atoms with Gasteiger partial charge in [-0.25, -0.2) is 4.90 Å². The molecule has 2 amide bonds. The third-order valence-electron chi connectivity index (χ3n) is 5.16. The van der Waals surface area contributed by atoms with Crippen molar-refractivity contribution in [3.63, 3.8) is 0 Å². The van der Waals surface area contributed by atoms with Gasteiger partial charge in [-0.3, -0.25) is 24.5 Å². The van der Waals surface area contributed by atoms with E-state index in [0.29, 0.717) is 23.6 Å². The minimum Gasteiger partial charge on any atom is -0.494 e. The number of hydrogen-bond acceptors (Lipinski definition) is 7. The first kappa shape index (κ1) is 19.0. The van der Waals surface area contributed by atoms with Crippen LogP contribution in [-0.4, -0.2) is 41.6 Å². The van der Waals surface area contributed by atoms with Crippen LogP contribution in [0.4, 0.5) is 11.4 Å². The lowest BCUT2D eigenvalue weighted by molar-refractivity contribution is -0.384. The van der Waals surface area contributed by atoms with Gasteiger partial charge in [0.25, 0.3) is 11.6 Å². The van der Waals surface area contributed by atoms with Crippen molar-refractivity contribution in [1.82, 2.24) is 5.06 Å². The highest BCUT2D eigenvalue weighted by molar-refractivity contribution is 6.23. The van der Waals surface area contributed by atoms with Gasteiger partial charge in [0.2, 0.25) is 5.91 Å². The van der Waals surface area contributed by atoms with Crippen molar-refractivity contribution in [2.75, 3.05) is 18.6 Å². The van der Waals surface area contributed by atoms with Crippen LogP contribution in [0.1, 0.15) is 18.5 Å². The molecule has 0 aromatic heterocycles. The molecule has 2 aromatic rings. The number of ether oxygens (including phenoxy) is 1. The summed E-state index contributed by atoms with van der Waals surface area (Å²) in [7, 11) is 1.65. The van der Waals surface area contributed by atoms with Crippen LogP contribution in [0.25, 0.3) is 0 Å². The van der Waals surface area contributed by atoms with Gasteiger partial charge in [0.05, 0.1) is 29.2 Å². The van der Waals surface area contributed by atoms with Gasteiger partial charge < -0.3 is 4.74 Å². The van der Waals surface area contributed by atoms with Crippen LogP contribution in [0.15, 0.2) is 48.5 Å². The number of fused-ring (bicyclic) bond motifs is 1. The smallest absolute Gasteiger partial charge is 0.269 e. The zero-order valence-corrected chi connectivity index (χ0v) is 15.8. The summed E-state index contributed by atoms with van der Waals surface area (Å²) in [5.41, 5.74) is 1.07. The van der Waals surface area contributed by atoms with Crippen molar-refractivity contribution >= 4 is 23.2 Å². The minimum absolute atomic E-state index is 0.0447. The number of hydrogen-bond donors (Lipinski definition) is 0. The first-order valence-corrected chi connectivity index (χ1v) is 9.17. The van der Waals surface area contributed by atoms with E-state index in [9.17, 15) is 19.7 Å². The number of nitro benzene ring substituents is 1. The summed E-state index contributed by atoms with van der Waals surface area (Å²) >= 11 is 0. The zero-order chi connectivity index (χ0) is 20.7. The van der Waals surface area contributed by atoms with Gasteiger partial charge in [-0.1, -0.05) is 12.1 Å². The number of imide groups is 1.